The molecule has 3 nitrogen and oxygen atoms in total. The topological polar surface area (TPSA) is 41.7 Å². The summed E-state index contributed by atoms with van der Waals surface area (Å²) in [6.45, 7) is 4.82. The minimum atomic E-state index is 0.518. The Morgan fingerprint density at radius 3 is 2.82 bits per heavy atom. The van der Waals surface area contributed by atoms with Crippen LogP contribution < -0.4 is 4.80 Å². The van der Waals surface area contributed by atoms with Crippen LogP contribution in [0, 0.1) is 12.3 Å². The second-order valence-corrected chi connectivity index (χ2v) is 5.86. The van der Waals surface area contributed by atoms with E-state index in [1.165, 1.54) is 22.5 Å². The molecule has 0 aliphatic heterocycles. The van der Waals surface area contributed by atoms with Crippen molar-refractivity contribution in [3.8, 4) is 0 Å². The molecule has 1 N–H and O–H groups in total. The van der Waals surface area contributed by atoms with Crippen molar-refractivity contribution in [2.75, 3.05) is 0 Å². The molecule has 0 aliphatic rings. The summed E-state index contributed by atoms with van der Waals surface area (Å²) in [7, 11) is 0. The van der Waals surface area contributed by atoms with E-state index < -0.39 is 0 Å². The van der Waals surface area contributed by atoms with Gasteiger partial charge in [-0.1, -0.05) is 40.3 Å². The lowest BCUT2D eigenvalue weighted by molar-refractivity contribution is 0.636. The van der Waals surface area contributed by atoms with E-state index in [4.69, 9.17) is 5.41 Å². The zero-order chi connectivity index (χ0) is 12.4. The van der Waals surface area contributed by atoms with Crippen molar-refractivity contribution < 1.29 is 0 Å². The third-order valence-electron chi connectivity index (χ3n) is 2.61. The van der Waals surface area contributed by atoms with E-state index in [1.54, 1.807) is 4.68 Å². The predicted octanol–water partition coefficient (Wildman–Crippen LogP) is 3.11. The van der Waals surface area contributed by atoms with E-state index >= 15 is 0 Å². The van der Waals surface area contributed by atoms with Crippen LogP contribution in [-0.2, 0) is 13.0 Å². The Balaban J connectivity index is 2.31. The summed E-state index contributed by atoms with van der Waals surface area (Å²) in [4.78, 5) is 0.518. The van der Waals surface area contributed by atoms with Crippen LogP contribution in [0.1, 0.15) is 23.1 Å². The second-order valence-electron chi connectivity index (χ2n) is 3.88. The van der Waals surface area contributed by atoms with E-state index in [0.717, 1.165) is 15.9 Å². The molecule has 0 unspecified atom stereocenters. The highest BCUT2D eigenvalue weighted by atomic mass is 79.9. The van der Waals surface area contributed by atoms with Crippen molar-refractivity contribution in [2.45, 2.75) is 26.8 Å². The van der Waals surface area contributed by atoms with Crippen LogP contribution in [0.3, 0.4) is 0 Å². The quantitative estimate of drug-likeness (QED) is 0.929. The number of hydrogen-bond acceptors (Lipinski definition) is 3. The van der Waals surface area contributed by atoms with Gasteiger partial charge >= 0.3 is 0 Å². The Hall–Kier alpha value is -0.940. The van der Waals surface area contributed by atoms with E-state index in [-0.39, 0.29) is 0 Å². The molecule has 2 aromatic rings. The normalized spacial score (nSPS) is 10.8. The molecule has 0 spiro atoms. The molecule has 0 fully saturated rings. The largest absolute Gasteiger partial charge is 0.274 e. The monoisotopic (exact) mass is 311 g/mol. The van der Waals surface area contributed by atoms with Gasteiger partial charge < -0.3 is 0 Å². The van der Waals surface area contributed by atoms with Crippen molar-refractivity contribution in [1.82, 2.24) is 9.78 Å². The Morgan fingerprint density at radius 2 is 2.24 bits per heavy atom. The predicted molar refractivity (Wildman–Crippen MR) is 73.3 cm³/mol. The summed E-state index contributed by atoms with van der Waals surface area (Å²) in [5, 5.41) is 13.3. The Bertz CT molecular complexity index is 586. The summed E-state index contributed by atoms with van der Waals surface area (Å²) < 4.78 is 2.85. The Kier molecular flexibility index (Phi) is 3.79. The summed E-state index contributed by atoms with van der Waals surface area (Å²) in [6.07, 6.45) is 0.892. The SMILES string of the molecule is CCc1nn(Cc2ccc(Br)cc2C)c(=N)s1. The molecule has 0 saturated heterocycles. The molecule has 1 heterocycles. The number of aromatic nitrogens is 2. The maximum atomic E-state index is 7.87. The zero-order valence-electron chi connectivity index (χ0n) is 9.83. The maximum absolute atomic E-state index is 7.87. The van der Waals surface area contributed by atoms with Crippen LogP contribution in [-0.4, -0.2) is 9.78 Å². The summed E-state index contributed by atoms with van der Waals surface area (Å²) >= 11 is 4.91. The highest BCUT2D eigenvalue weighted by Gasteiger charge is 2.05. The van der Waals surface area contributed by atoms with Crippen molar-refractivity contribution in [2.24, 2.45) is 0 Å². The molecule has 90 valence electrons. The Morgan fingerprint density at radius 1 is 1.47 bits per heavy atom. The van der Waals surface area contributed by atoms with Gasteiger partial charge in [-0.15, -0.1) is 0 Å². The summed E-state index contributed by atoms with van der Waals surface area (Å²) in [5.41, 5.74) is 2.43. The van der Waals surface area contributed by atoms with E-state index in [0.29, 0.717) is 11.3 Å². The Labute approximate surface area is 113 Å². The van der Waals surface area contributed by atoms with Crippen LogP contribution in [0.25, 0.3) is 0 Å². The maximum Gasteiger partial charge on any atom is 0.200 e. The number of hydrogen-bond donors (Lipinski definition) is 1. The molecule has 0 amide bonds. The lowest BCUT2D eigenvalue weighted by atomic mass is 10.1. The smallest absolute Gasteiger partial charge is 0.200 e. The average Bonchev–Trinajstić information content (AvgIpc) is 2.64. The van der Waals surface area contributed by atoms with Gasteiger partial charge in [0.15, 0.2) is 0 Å². The van der Waals surface area contributed by atoms with Gasteiger partial charge in [0, 0.05) is 4.47 Å². The highest BCUT2D eigenvalue weighted by Crippen LogP contribution is 2.16. The van der Waals surface area contributed by atoms with Crippen molar-refractivity contribution >= 4 is 27.3 Å². The highest BCUT2D eigenvalue weighted by molar-refractivity contribution is 9.10. The van der Waals surface area contributed by atoms with Crippen molar-refractivity contribution in [1.29, 1.82) is 5.41 Å². The second kappa shape index (κ2) is 5.14. The lowest BCUT2D eigenvalue weighted by Crippen LogP contribution is -2.16. The molecule has 1 aromatic heterocycles. The van der Waals surface area contributed by atoms with Crippen molar-refractivity contribution in [3.63, 3.8) is 0 Å². The third-order valence-corrected chi connectivity index (χ3v) is 4.11. The summed E-state index contributed by atoms with van der Waals surface area (Å²) in [6, 6.07) is 6.20. The molecule has 0 saturated carbocycles. The van der Waals surface area contributed by atoms with Crippen LogP contribution >= 0.6 is 27.3 Å². The fourth-order valence-corrected chi connectivity index (χ4v) is 2.81. The molecule has 17 heavy (non-hydrogen) atoms. The van der Waals surface area contributed by atoms with Gasteiger partial charge in [0.1, 0.15) is 5.01 Å². The van der Waals surface area contributed by atoms with Gasteiger partial charge in [-0.2, -0.15) is 5.10 Å². The minimum Gasteiger partial charge on any atom is -0.274 e. The van der Waals surface area contributed by atoms with E-state index in [2.05, 4.69) is 47.0 Å². The first-order valence-electron chi connectivity index (χ1n) is 5.46. The first-order valence-corrected chi connectivity index (χ1v) is 7.07. The molecule has 2 rings (SSSR count). The molecule has 0 atom stereocenters. The fraction of sp³-hybridized carbons (Fsp3) is 0.333. The van der Waals surface area contributed by atoms with E-state index in [1.807, 2.05) is 6.07 Å². The lowest BCUT2D eigenvalue weighted by Gasteiger charge is -2.06. The van der Waals surface area contributed by atoms with Crippen LogP contribution in [0.2, 0.25) is 0 Å². The zero-order valence-corrected chi connectivity index (χ0v) is 12.2. The number of halogens is 1. The molecule has 0 aliphatic carbocycles. The van der Waals surface area contributed by atoms with Crippen LogP contribution in [0.4, 0.5) is 0 Å². The van der Waals surface area contributed by atoms with Gasteiger partial charge in [-0.25, -0.2) is 4.68 Å². The minimum absolute atomic E-state index is 0.518. The number of benzene rings is 1. The van der Waals surface area contributed by atoms with E-state index in [9.17, 15) is 0 Å². The molecule has 0 bridgehead atoms. The van der Waals surface area contributed by atoms with Gasteiger partial charge in [-0.05, 0) is 36.6 Å². The first kappa shape index (κ1) is 12.5. The number of nitrogens with zero attached hydrogens (tertiary/aromatic N) is 2. The molecular formula is C12H14BrN3S. The number of rotatable bonds is 3. The van der Waals surface area contributed by atoms with Gasteiger partial charge in [0.25, 0.3) is 0 Å². The van der Waals surface area contributed by atoms with Crippen LogP contribution in [0.5, 0.6) is 0 Å². The average molecular weight is 312 g/mol. The van der Waals surface area contributed by atoms with Gasteiger partial charge in [0.2, 0.25) is 4.80 Å². The molecule has 1 aromatic carbocycles. The number of aryl methyl sites for hydroxylation is 2. The van der Waals surface area contributed by atoms with Gasteiger partial charge in [0.05, 0.1) is 6.54 Å². The van der Waals surface area contributed by atoms with Crippen molar-refractivity contribution in [3.05, 3.63) is 43.6 Å². The van der Waals surface area contributed by atoms with Gasteiger partial charge in [-0.3, -0.25) is 5.41 Å². The standard InChI is InChI=1S/C12H14BrN3S/c1-3-11-15-16(12(14)17-11)7-9-4-5-10(13)6-8(9)2/h4-6,14H,3,7H2,1-2H3. The molecular weight excluding hydrogens is 298 g/mol. The molecule has 0 radical (unpaired) electrons. The van der Waals surface area contributed by atoms with Crippen LogP contribution in [0.15, 0.2) is 22.7 Å². The first-order chi connectivity index (χ1) is 8.10. The summed E-state index contributed by atoms with van der Waals surface area (Å²) in [5.74, 6) is 0. The third kappa shape index (κ3) is 2.84. The number of nitrogens with one attached hydrogen (secondary N) is 1. The fourth-order valence-electron chi connectivity index (χ4n) is 1.61. The molecule has 5 heteroatoms.